The first-order valence-corrected chi connectivity index (χ1v) is 19.3. The van der Waals surface area contributed by atoms with Gasteiger partial charge in [-0.15, -0.1) is 0 Å². The van der Waals surface area contributed by atoms with Gasteiger partial charge in [0.25, 0.3) is 10.1 Å². The highest BCUT2D eigenvalue weighted by Gasteiger charge is 2.53. The minimum atomic E-state index is -4.52. The number of hydrogen-bond donors (Lipinski definition) is 1. The molecule has 8 rings (SSSR count). The Kier molecular flexibility index (Phi) is 6.97. The van der Waals surface area contributed by atoms with E-state index in [4.69, 9.17) is 13.7 Å². The Bertz CT molecular complexity index is 1920. The van der Waals surface area contributed by atoms with Crippen molar-refractivity contribution in [3.05, 3.63) is 64.2 Å². The molecule has 1 aliphatic carbocycles. The molecule has 4 heterocycles. The summed E-state index contributed by atoms with van der Waals surface area (Å²) in [6, 6.07) is 11.4. The summed E-state index contributed by atoms with van der Waals surface area (Å²) in [5.74, 6) is -0.142. The highest BCUT2D eigenvalue weighted by molar-refractivity contribution is 7.87. The van der Waals surface area contributed by atoms with E-state index in [2.05, 4.69) is 0 Å². The van der Waals surface area contributed by atoms with Crippen molar-refractivity contribution in [3.8, 4) is 5.75 Å². The molecule has 4 aliphatic heterocycles. The van der Waals surface area contributed by atoms with Gasteiger partial charge in [-0.3, -0.25) is 4.55 Å². The molecule has 3 aromatic rings. The Labute approximate surface area is 265 Å². The van der Waals surface area contributed by atoms with E-state index in [9.17, 15) is 13.0 Å². The van der Waals surface area contributed by atoms with Crippen molar-refractivity contribution >= 4 is 31.0 Å². The zero-order chi connectivity index (χ0) is 31.3. The summed E-state index contributed by atoms with van der Waals surface area (Å²) in [7, 11) is -8.99. The maximum atomic E-state index is 15.1. The first-order chi connectivity index (χ1) is 21.5. The summed E-state index contributed by atoms with van der Waals surface area (Å²) in [6.45, 7) is 3.75. The fraction of sp³-hybridized carbons (Fsp3) is 0.543. The van der Waals surface area contributed by atoms with Crippen molar-refractivity contribution < 1.29 is 35.0 Å². The Morgan fingerprint density at radius 3 is 2.29 bits per heavy atom. The normalized spacial score (nSPS) is 29.2. The van der Waals surface area contributed by atoms with Gasteiger partial charge in [-0.2, -0.15) is 16.8 Å². The highest BCUT2D eigenvalue weighted by Crippen LogP contribution is 2.57. The van der Waals surface area contributed by atoms with Crippen molar-refractivity contribution in [1.29, 1.82) is 0 Å². The predicted octanol–water partition coefficient (Wildman–Crippen LogP) is 7.06. The smallest absolute Gasteiger partial charge is 0.339 e. The first-order valence-electron chi connectivity index (χ1n) is 16.5. The zero-order valence-electron chi connectivity index (χ0n) is 25.8. The third kappa shape index (κ3) is 4.77. The molecule has 3 atom stereocenters. The second-order valence-corrected chi connectivity index (χ2v) is 16.9. The van der Waals surface area contributed by atoms with Gasteiger partial charge in [0.15, 0.2) is 0 Å². The lowest BCUT2D eigenvalue weighted by atomic mass is 9.77. The third-order valence-corrected chi connectivity index (χ3v) is 13.3. The lowest BCUT2D eigenvalue weighted by molar-refractivity contribution is 0.00884. The maximum Gasteiger partial charge on any atom is 0.339 e. The van der Waals surface area contributed by atoms with Crippen molar-refractivity contribution in [2.75, 3.05) is 0 Å². The molecule has 1 N–H and O–H groups in total. The molecular formula is C35H40O8S2. The molecule has 0 saturated carbocycles. The molecule has 0 spiro atoms. The largest absolute Gasteiger partial charge is 0.378 e. The van der Waals surface area contributed by atoms with Crippen molar-refractivity contribution in [1.82, 2.24) is 0 Å². The van der Waals surface area contributed by atoms with Crippen molar-refractivity contribution in [2.45, 2.75) is 130 Å². The summed E-state index contributed by atoms with van der Waals surface area (Å²) in [4.78, 5) is 0.0510. The molecule has 8 nitrogen and oxygen atoms in total. The topological polar surface area (TPSA) is 116 Å². The van der Waals surface area contributed by atoms with Crippen LogP contribution in [0.5, 0.6) is 5.75 Å². The third-order valence-electron chi connectivity index (χ3n) is 11.1. The van der Waals surface area contributed by atoms with Crippen LogP contribution in [0.4, 0.5) is 0 Å². The second-order valence-electron chi connectivity index (χ2n) is 14.0. The summed E-state index contributed by atoms with van der Waals surface area (Å²) in [5, 5.41) is 1.85. The Hall–Kier alpha value is -2.50. The Morgan fingerprint density at radius 1 is 0.933 bits per heavy atom. The number of benzene rings is 3. The summed E-state index contributed by atoms with van der Waals surface area (Å²) < 4.78 is 84.8. The minimum Gasteiger partial charge on any atom is -0.378 e. The molecule has 4 bridgehead atoms. The molecule has 3 unspecified atom stereocenters. The first kappa shape index (κ1) is 29.9. The van der Waals surface area contributed by atoms with Gasteiger partial charge in [0, 0.05) is 22.6 Å². The molecule has 5 aliphatic rings. The molecule has 240 valence electrons. The van der Waals surface area contributed by atoms with Gasteiger partial charge < -0.3 is 13.7 Å². The lowest BCUT2D eigenvalue weighted by Crippen LogP contribution is -2.29. The van der Waals surface area contributed by atoms with Gasteiger partial charge in [-0.25, -0.2) is 0 Å². The fourth-order valence-corrected chi connectivity index (χ4v) is 11.4. The van der Waals surface area contributed by atoms with E-state index >= 15 is 8.42 Å². The quantitative estimate of drug-likeness (QED) is 0.213. The van der Waals surface area contributed by atoms with Crippen LogP contribution in [-0.4, -0.2) is 39.7 Å². The van der Waals surface area contributed by atoms with E-state index in [0.717, 1.165) is 74.1 Å². The van der Waals surface area contributed by atoms with Crippen LogP contribution >= 0.6 is 0 Å². The molecule has 4 fully saturated rings. The molecule has 45 heavy (non-hydrogen) atoms. The Balaban J connectivity index is 1.39. The molecule has 0 radical (unpaired) electrons. The van der Waals surface area contributed by atoms with Crippen LogP contribution in [0.15, 0.2) is 46.2 Å². The van der Waals surface area contributed by atoms with Gasteiger partial charge >= 0.3 is 10.1 Å². The predicted molar refractivity (Wildman–Crippen MR) is 169 cm³/mol. The molecule has 4 saturated heterocycles. The molecule has 0 aromatic heterocycles. The maximum absolute atomic E-state index is 15.1. The highest BCUT2D eigenvalue weighted by atomic mass is 32.2. The van der Waals surface area contributed by atoms with Crippen LogP contribution in [0.25, 0.3) is 10.8 Å². The molecule has 0 amide bonds. The van der Waals surface area contributed by atoms with E-state index in [-0.39, 0.29) is 45.7 Å². The summed E-state index contributed by atoms with van der Waals surface area (Å²) in [5.41, 5.74) is 2.18. The Morgan fingerprint density at radius 2 is 1.67 bits per heavy atom. The average molecular weight is 653 g/mol. The van der Waals surface area contributed by atoms with Crippen LogP contribution < -0.4 is 4.18 Å². The van der Waals surface area contributed by atoms with Gasteiger partial charge in [0.05, 0.1) is 28.8 Å². The average Bonchev–Trinajstić information content (AvgIpc) is 3.82. The van der Waals surface area contributed by atoms with Crippen LogP contribution in [0.2, 0.25) is 0 Å². The molecule has 10 heteroatoms. The van der Waals surface area contributed by atoms with Crippen LogP contribution in [-0.2, 0) is 48.2 Å². The zero-order valence-corrected chi connectivity index (χ0v) is 27.4. The second kappa shape index (κ2) is 10.5. The molecular weight excluding hydrogens is 613 g/mol. The van der Waals surface area contributed by atoms with Crippen molar-refractivity contribution in [3.63, 3.8) is 0 Å². The fourth-order valence-electron chi connectivity index (χ4n) is 9.04. The van der Waals surface area contributed by atoms with Gasteiger partial charge in [-0.05, 0) is 111 Å². The monoisotopic (exact) mass is 652 g/mol. The van der Waals surface area contributed by atoms with Gasteiger partial charge in [0.2, 0.25) is 0 Å². The summed E-state index contributed by atoms with van der Waals surface area (Å²) in [6.07, 6.45) is 8.49. The number of rotatable bonds is 7. The SMILES string of the molecule is CC(C)c1cc(S(=O)(=O)O)c2c(c1OS(=O)(=O)c1c(C3CC4CCC3O4)cc3ccccc3c1C13CCC(CC1)O3)CCCC2. The number of hydrogen-bond acceptors (Lipinski definition) is 7. The minimum absolute atomic E-state index is 0.0516. The van der Waals surface area contributed by atoms with E-state index in [1.807, 2.05) is 44.2 Å². The lowest BCUT2D eigenvalue weighted by Gasteiger charge is -2.33. The van der Waals surface area contributed by atoms with Crippen LogP contribution in [0, 0.1) is 0 Å². The molecule has 3 aromatic carbocycles. The number of fused-ring (bicyclic) bond motifs is 6. The van der Waals surface area contributed by atoms with Gasteiger partial charge in [-0.1, -0.05) is 38.1 Å². The van der Waals surface area contributed by atoms with E-state index < -0.39 is 25.8 Å². The van der Waals surface area contributed by atoms with E-state index in [1.54, 1.807) is 0 Å². The number of ether oxygens (including phenoxy) is 2. The standard InChI is InChI=1S/C35H40O8S2/c1-20(2)27-19-31(44(36,37)38)25-9-5-6-10-26(25)33(27)43-45(39,40)34-29(28-18-23-11-12-30(28)41-23)17-21-7-3-4-8-24(21)32(34)35-15-13-22(42-35)14-16-35/h3-4,7-8,17,19-20,22-23,28,30H,5-6,9-16,18H2,1-2H3,(H,36,37,38). The van der Waals surface area contributed by atoms with E-state index in [0.29, 0.717) is 35.1 Å². The van der Waals surface area contributed by atoms with Crippen molar-refractivity contribution in [2.24, 2.45) is 0 Å². The van der Waals surface area contributed by atoms with Crippen LogP contribution in [0.3, 0.4) is 0 Å². The van der Waals surface area contributed by atoms with E-state index in [1.165, 1.54) is 6.07 Å². The van der Waals surface area contributed by atoms with Crippen LogP contribution in [0.1, 0.15) is 111 Å². The van der Waals surface area contributed by atoms with Gasteiger partial charge in [0.1, 0.15) is 10.6 Å². The summed E-state index contributed by atoms with van der Waals surface area (Å²) >= 11 is 0.